The van der Waals surface area contributed by atoms with E-state index < -0.39 is 23.6 Å². The highest BCUT2D eigenvalue weighted by atomic mass is 19.4. The number of nitrogens with one attached hydrogen (secondary N) is 1. The van der Waals surface area contributed by atoms with E-state index in [2.05, 4.69) is 5.43 Å². The van der Waals surface area contributed by atoms with Crippen LogP contribution in [-0.2, 0) is 15.8 Å². The van der Waals surface area contributed by atoms with Gasteiger partial charge in [-0.3, -0.25) is 15.0 Å². The average molecular weight is 339 g/mol. The van der Waals surface area contributed by atoms with Crippen LogP contribution in [0, 0.1) is 0 Å². The molecule has 2 aliphatic rings. The second kappa shape index (κ2) is 5.85. The molecule has 1 N–H and O–H groups in total. The molecule has 1 aromatic carbocycles. The molecule has 24 heavy (non-hydrogen) atoms. The van der Waals surface area contributed by atoms with Gasteiger partial charge in [-0.05, 0) is 38.0 Å². The number of benzene rings is 1. The Kier molecular flexibility index (Phi) is 3.98. The SMILES string of the molecule is CC1=CC(=O)N(Nc2cc(N3CCCC3)cc(C(F)(F)F)c2)C1=O. The van der Waals surface area contributed by atoms with Crippen molar-refractivity contribution in [3.8, 4) is 0 Å². The maximum Gasteiger partial charge on any atom is 0.416 e. The Labute approximate surface area is 136 Å². The second-order valence-electron chi connectivity index (χ2n) is 5.88. The minimum atomic E-state index is -4.51. The van der Waals surface area contributed by atoms with Crippen molar-refractivity contribution >= 4 is 23.2 Å². The summed E-state index contributed by atoms with van der Waals surface area (Å²) in [4.78, 5) is 25.5. The van der Waals surface area contributed by atoms with Gasteiger partial charge >= 0.3 is 6.18 Å². The van der Waals surface area contributed by atoms with Crippen molar-refractivity contribution < 1.29 is 22.8 Å². The number of nitrogens with zero attached hydrogens (tertiary/aromatic N) is 2. The quantitative estimate of drug-likeness (QED) is 0.861. The maximum absolute atomic E-state index is 13.2. The Balaban J connectivity index is 1.93. The summed E-state index contributed by atoms with van der Waals surface area (Å²) >= 11 is 0. The predicted molar refractivity (Wildman–Crippen MR) is 82.1 cm³/mol. The first kappa shape index (κ1) is 16.4. The lowest BCUT2D eigenvalue weighted by Crippen LogP contribution is -2.36. The van der Waals surface area contributed by atoms with Crippen LogP contribution in [0.15, 0.2) is 29.8 Å². The predicted octanol–water partition coefficient (Wildman–Crippen LogP) is 2.95. The van der Waals surface area contributed by atoms with Crippen molar-refractivity contribution in [2.24, 2.45) is 0 Å². The number of alkyl halides is 3. The van der Waals surface area contributed by atoms with E-state index in [1.165, 1.54) is 13.0 Å². The average Bonchev–Trinajstić information content (AvgIpc) is 3.11. The number of imide groups is 1. The maximum atomic E-state index is 13.2. The summed E-state index contributed by atoms with van der Waals surface area (Å²) in [6.45, 7) is 2.84. The molecule has 5 nitrogen and oxygen atoms in total. The summed E-state index contributed by atoms with van der Waals surface area (Å²) in [7, 11) is 0. The van der Waals surface area contributed by atoms with Gasteiger partial charge in [-0.25, -0.2) is 0 Å². The van der Waals surface area contributed by atoms with E-state index in [-0.39, 0.29) is 11.3 Å². The summed E-state index contributed by atoms with van der Waals surface area (Å²) in [5.74, 6) is -1.17. The van der Waals surface area contributed by atoms with Gasteiger partial charge in [-0.1, -0.05) is 0 Å². The number of rotatable bonds is 3. The number of hydrazine groups is 1. The molecule has 1 fully saturated rings. The minimum Gasteiger partial charge on any atom is -0.371 e. The molecule has 0 bridgehead atoms. The lowest BCUT2D eigenvalue weighted by Gasteiger charge is -2.23. The van der Waals surface area contributed by atoms with E-state index in [9.17, 15) is 22.8 Å². The molecular formula is C16H16F3N3O2. The molecule has 0 aromatic heterocycles. The molecule has 1 saturated heterocycles. The van der Waals surface area contributed by atoms with Crippen LogP contribution in [-0.4, -0.2) is 29.9 Å². The molecule has 0 atom stereocenters. The zero-order valence-electron chi connectivity index (χ0n) is 13.0. The fraction of sp³-hybridized carbons (Fsp3) is 0.375. The number of hydrogen-bond donors (Lipinski definition) is 1. The van der Waals surface area contributed by atoms with Gasteiger partial charge in [0.2, 0.25) is 0 Å². The van der Waals surface area contributed by atoms with Crippen molar-refractivity contribution in [3.05, 3.63) is 35.4 Å². The summed E-state index contributed by atoms with van der Waals surface area (Å²) in [5, 5.41) is 0.721. The standard InChI is InChI=1S/C16H16F3N3O2/c1-10-6-14(23)22(15(10)24)20-12-7-11(16(17,18)19)8-13(9-12)21-4-2-3-5-21/h6-9,20H,2-5H2,1H3. The van der Waals surface area contributed by atoms with Crippen LogP contribution < -0.4 is 10.3 Å². The molecular weight excluding hydrogens is 323 g/mol. The molecule has 0 radical (unpaired) electrons. The molecule has 0 aliphatic carbocycles. The first-order valence-corrected chi connectivity index (χ1v) is 7.56. The summed E-state index contributed by atoms with van der Waals surface area (Å²) in [6.07, 6.45) is -1.53. The number of anilines is 2. The summed E-state index contributed by atoms with van der Waals surface area (Å²) < 4.78 is 39.5. The number of hydrogen-bond acceptors (Lipinski definition) is 4. The number of carbonyl (C=O) groups excluding carboxylic acids is 2. The van der Waals surface area contributed by atoms with E-state index in [0.717, 1.165) is 36.1 Å². The monoisotopic (exact) mass is 339 g/mol. The van der Waals surface area contributed by atoms with Gasteiger partial charge in [-0.2, -0.15) is 18.2 Å². The molecule has 0 spiro atoms. The lowest BCUT2D eigenvalue weighted by atomic mass is 10.1. The van der Waals surface area contributed by atoms with Crippen LogP contribution in [0.2, 0.25) is 0 Å². The Morgan fingerprint density at radius 1 is 1.08 bits per heavy atom. The van der Waals surface area contributed by atoms with Gasteiger partial charge < -0.3 is 4.90 Å². The molecule has 128 valence electrons. The Morgan fingerprint density at radius 2 is 1.75 bits per heavy atom. The van der Waals surface area contributed by atoms with Crippen molar-refractivity contribution in [1.82, 2.24) is 5.01 Å². The van der Waals surface area contributed by atoms with Crippen LogP contribution in [0.3, 0.4) is 0 Å². The molecule has 3 rings (SSSR count). The molecule has 0 saturated carbocycles. The highest BCUT2D eigenvalue weighted by Crippen LogP contribution is 2.35. The minimum absolute atomic E-state index is 0.0523. The van der Waals surface area contributed by atoms with E-state index >= 15 is 0 Å². The second-order valence-corrected chi connectivity index (χ2v) is 5.88. The van der Waals surface area contributed by atoms with Gasteiger partial charge in [0.25, 0.3) is 11.8 Å². The Hall–Kier alpha value is -2.51. The number of amides is 2. The highest BCUT2D eigenvalue weighted by molar-refractivity contribution is 6.16. The van der Waals surface area contributed by atoms with Crippen LogP contribution in [0.5, 0.6) is 0 Å². The fourth-order valence-corrected chi connectivity index (χ4v) is 2.82. The molecule has 1 aromatic rings. The van der Waals surface area contributed by atoms with Crippen LogP contribution in [0.4, 0.5) is 24.5 Å². The largest absolute Gasteiger partial charge is 0.416 e. The van der Waals surface area contributed by atoms with Crippen molar-refractivity contribution in [2.75, 3.05) is 23.4 Å². The topological polar surface area (TPSA) is 52.7 Å². The van der Waals surface area contributed by atoms with Gasteiger partial charge in [-0.15, -0.1) is 0 Å². The zero-order chi connectivity index (χ0) is 17.5. The van der Waals surface area contributed by atoms with E-state index in [1.54, 1.807) is 0 Å². The van der Waals surface area contributed by atoms with Crippen molar-refractivity contribution in [1.29, 1.82) is 0 Å². The van der Waals surface area contributed by atoms with Crippen LogP contribution in [0.1, 0.15) is 25.3 Å². The third-order valence-corrected chi connectivity index (χ3v) is 4.06. The van der Waals surface area contributed by atoms with Gasteiger partial charge in [0.15, 0.2) is 0 Å². The van der Waals surface area contributed by atoms with Crippen molar-refractivity contribution in [3.63, 3.8) is 0 Å². The van der Waals surface area contributed by atoms with Crippen LogP contribution in [0.25, 0.3) is 0 Å². The molecule has 0 unspecified atom stereocenters. The Morgan fingerprint density at radius 3 is 2.29 bits per heavy atom. The third kappa shape index (κ3) is 3.08. The molecule has 2 amide bonds. The molecule has 8 heteroatoms. The number of carbonyl (C=O) groups is 2. The lowest BCUT2D eigenvalue weighted by molar-refractivity contribution is -0.137. The molecule has 2 aliphatic heterocycles. The normalized spacial score (nSPS) is 18.4. The fourth-order valence-electron chi connectivity index (χ4n) is 2.82. The number of halogens is 3. The van der Waals surface area contributed by atoms with E-state index in [1.807, 2.05) is 4.90 Å². The van der Waals surface area contributed by atoms with Crippen LogP contribution >= 0.6 is 0 Å². The van der Waals surface area contributed by atoms with Crippen molar-refractivity contribution in [2.45, 2.75) is 25.9 Å². The smallest absolute Gasteiger partial charge is 0.371 e. The van der Waals surface area contributed by atoms with E-state index in [4.69, 9.17) is 0 Å². The summed E-state index contributed by atoms with van der Waals surface area (Å²) in [6, 6.07) is 3.51. The van der Waals surface area contributed by atoms with Gasteiger partial charge in [0.05, 0.1) is 11.3 Å². The summed E-state index contributed by atoms with van der Waals surface area (Å²) in [5.41, 5.74) is 2.39. The first-order valence-electron chi connectivity index (χ1n) is 7.56. The zero-order valence-corrected chi connectivity index (χ0v) is 13.0. The highest BCUT2D eigenvalue weighted by Gasteiger charge is 2.33. The Bertz CT molecular complexity index is 722. The molecule has 2 heterocycles. The first-order chi connectivity index (χ1) is 11.3. The third-order valence-electron chi connectivity index (χ3n) is 4.06. The van der Waals surface area contributed by atoms with Gasteiger partial charge in [0.1, 0.15) is 0 Å². The van der Waals surface area contributed by atoms with Gasteiger partial charge in [0, 0.05) is 30.4 Å². The van der Waals surface area contributed by atoms with E-state index in [0.29, 0.717) is 18.8 Å².